The summed E-state index contributed by atoms with van der Waals surface area (Å²) < 4.78 is 46.5. The number of fused-ring (bicyclic) bond motifs is 1. The highest BCUT2D eigenvalue weighted by Crippen LogP contribution is 2.32. The van der Waals surface area contributed by atoms with Crippen LogP contribution in [0.15, 0.2) is 104 Å². The van der Waals surface area contributed by atoms with Gasteiger partial charge in [-0.3, -0.25) is 4.99 Å². The van der Waals surface area contributed by atoms with Crippen molar-refractivity contribution < 1.29 is 22.3 Å². The first-order valence-electron chi connectivity index (χ1n) is 12.9. The number of morpholine rings is 1. The molecule has 1 aliphatic rings. The van der Waals surface area contributed by atoms with Crippen molar-refractivity contribution in [2.45, 2.75) is 4.90 Å². The number of aliphatic imine (C=N–C) groups is 1. The zero-order valence-corrected chi connectivity index (χ0v) is 23.0. The van der Waals surface area contributed by atoms with Crippen LogP contribution >= 0.6 is 0 Å². The Bertz CT molecular complexity index is 1910. The molecule has 0 aliphatic carbocycles. The topological polar surface area (TPSA) is 116 Å². The van der Waals surface area contributed by atoms with Crippen LogP contribution in [-0.4, -0.2) is 62.1 Å². The monoisotopic (exact) mass is 570 g/mol. The van der Waals surface area contributed by atoms with Crippen LogP contribution in [0, 0.1) is 0 Å². The van der Waals surface area contributed by atoms with Crippen LogP contribution in [0.3, 0.4) is 0 Å². The summed E-state index contributed by atoms with van der Waals surface area (Å²) in [7, 11) is -2.41. The molecule has 0 unspecified atom stereocenters. The molecule has 0 N–H and O–H groups in total. The van der Waals surface area contributed by atoms with Gasteiger partial charge in [-0.25, -0.2) is 17.9 Å². The van der Waals surface area contributed by atoms with Crippen molar-refractivity contribution in [2.75, 3.05) is 33.4 Å². The SMILES string of the molecule is COc1ccc(N=Cc2cn(-c3ccccc3)nc2-c2cc3ccccc3oc2=O)c(S(=O)(=O)N2CCOCC2)c1. The average molecular weight is 571 g/mol. The second-order valence-corrected chi connectivity index (χ2v) is 11.2. The number of sulfonamides is 1. The third-order valence-electron chi connectivity index (χ3n) is 6.76. The number of aromatic nitrogens is 2. The van der Waals surface area contributed by atoms with E-state index >= 15 is 0 Å². The third kappa shape index (κ3) is 5.30. The summed E-state index contributed by atoms with van der Waals surface area (Å²) in [4.78, 5) is 17.7. The number of para-hydroxylation sites is 2. The van der Waals surface area contributed by atoms with Gasteiger partial charge in [-0.15, -0.1) is 0 Å². The number of ether oxygens (including phenoxy) is 2. The molecule has 10 nitrogen and oxygen atoms in total. The van der Waals surface area contributed by atoms with E-state index < -0.39 is 15.6 Å². The van der Waals surface area contributed by atoms with Crippen molar-refractivity contribution in [3.63, 3.8) is 0 Å². The lowest BCUT2D eigenvalue weighted by molar-refractivity contribution is 0.0730. The van der Waals surface area contributed by atoms with Crippen molar-refractivity contribution in [3.05, 3.63) is 101 Å². The molecule has 6 rings (SSSR count). The highest BCUT2D eigenvalue weighted by atomic mass is 32.2. The third-order valence-corrected chi connectivity index (χ3v) is 8.69. The highest BCUT2D eigenvalue weighted by molar-refractivity contribution is 7.89. The number of benzene rings is 3. The quantitative estimate of drug-likeness (QED) is 0.210. The molecule has 0 amide bonds. The Morgan fingerprint density at radius 3 is 2.51 bits per heavy atom. The van der Waals surface area contributed by atoms with Gasteiger partial charge in [0.15, 0.2) is 0 Å². The predicted molar refractivity (Wildman–Crippen MR) is 155 cm³/mol. The van der Waals surface area contributed by atoms with Crippen LogP contribution in [0.25, 0.3) is 27.9 Å². The van der Waals surface area contributed by atoms with Gasteiger partial charge in [-0.2, -0.15) is 9.40 Å². The van der Waals surface area contributed by atoms with Gasteiger partial charge in [-0.05, 0) is 36.4 Å². The van der Waals surface area contributed by atoms with Crippen molar-refractivity contribution in [1.29, 1.82) is 0 Å². The summed E-state index contributed by atoms with van der Waals surface area (Å²) in [5, 5.41) is 5.45. The molecule has 1 fully saturated rings. The smallest absolute Gasteiger partial charge is 0.345 e. The first-order valence-corrected chi connectivity index (χ1v) is 14.4. The van der Waals surface area contributed by atoms with Crippen LogP contribution in [0.4, 0.5) is 5.69 Å². The van der Waals surface area contributed by atoms with Crippen molar-refractivity contribution in [1.82, 2.24) is 14.1 Å². The van der Waals surface area contributed by atoms with Gasteiger partial charge in [0.05, 0.1) is 37.3 Å². The van der Waals surface area contributed by atoms with Crippen molar-refractivity contribution >= 4 is 32.9 Å². The Kier molecular flexibility index (Phi) is 7.23. The normalized spacial score (nSPS) is 14.6. The molecule has 0 atom stereocenters. The lowest BCUT2D eigenvalue weighted by atomic mass is 10.1. The van der Waals surface area contributed by atoms with Crippen molar-refractivity contribution in [3.8, 4) is 22.7 Å². The van der Waals surface area contributed by atoms with Gasteiger partial charge in [0.25, 0.3) is 0 Å². The van der Waals surface area contributed by atoms with E-state index in [1.165, 1.54) is 23.7 Å². The number of methoxy groups -OCH3 is 1. The second kappa shape index (κ2) is 11.1. The number of hydrogen-bond donors (Lipinski definition) is 0. The minimum Gasteiger partial charge on any atom is -0.497 e. The lowest BCUT2D eigenvalue weighted by Gasteiger charge is -2.26. The first kappa shape index (κ1) is 26.6. The fraction of sp³-hybridized carbons (Fsp3) is 0.167. The molecule has 0 radical (unpaired) electrons. The summed E-state index contributed by atoms with van der Waals surface area (Å²) in [5.74, 6) is 0.391. The zero-order chi connectivity index (χ0) is 28.4. The summed E-state index contributed by atoms with van der Waals surface area (Å²) in [5.41, 5.74) is 2.03. The molecule has 41 heavy (non-hydrogen) atoms. The van der Waals surface area contributed by atoms with Crippen LogP contribution in [0.1, 0.15) is 5.56 Å². The number of nitrogens with zero attached hydrogens (tertiary/aromatic N) is 4. The maximum absolute atomic E-state index is 13.6. The van der Waals surface area contributed by atoms with E-state index in [4.69, 9.17) is 19.0 Å². The molecule has 208 valence electrons. The molecular formula is C30H26N4O6S. The molecular weight excluding hydrogens is 544 g/mol. The Hall–Kier alpha value is -4.58. The predicted octanol–water partition coefficient (Wildman–Crippen LogP) is 4.43. The summed E-state index contributed by atoms with van der Waals surface area (Å²) in [6, 6.07) is 23.1. The highest BCUT2D eigenvalue weighted by Gasteiger charge is 2.29. The van der Waals surface area contributed by atoms with Crippen molar-refractivity contribution in [2.24, 2.45) is 4.99 Å². The molecule has 1 aliphatic heterocycles. The van der Waals surface area contributed by atoms with E-state index in [1.807, 2.05) is 42.5 Å². The van der Waals surface area contributed by atoms with Crippen LogP contribution in [0.5, 0.6) is 5.75 Å². The summed E-state index contributed by atoms with van der Waals surface area (Å²) in [6.45, 7) is 1.12. The Balaban J connectivity index is 1.48. The summed E-state index contributed by atoms with van der Waals surface area (Å²) in [6.07, 6.45) is 3.25. The number of hydrogen-bond acceptors (Lipinski definition) is 8. The Morgan fingerprint density at radius 1 is 0.976 bits per heavy atom. The van der Waals surface area contributed by atoms with Crippen LogP contribution < -0.4 is 10.4 Å². The van der Waals surface area contributed by atoms with Gasteiger partial charge >= 0.3 is 5.63 Å². The average Bonchev–Trinajstić information content (AvgIpc) is 3.44. The van der Waals surface area contributed by atoms with E-state index in [0.29, 0.717) is 35.8 Å². The maximum Gasteiger partial charge on any atom is 0.345 e. The van der Waals surface area contributed by atoms with Gasteiger partial charge in [0.1, 0.15) is 21.9 Å². The maximum atomic E-state index is 13.6. The largest absolute Gasteiger partial charge is 0.497 e. The molecule has 11 heteroatoms. The minimum atomic E-state index is -3.89. The zero-order valence-electron chi connectivity index (χ0n) is 22.1. The fourth-order valence-electron chi connectivity index (χ4n) is 4.63. The second-order valence-electron chi connectivity index (χ2n) is 9.31. The van der Waals surface area contributed by atoms with E-state index in [0.717, 1.165) is 11.1 Å². The van der Waals surface area contributed by atoms with Gasteiger partial charge in [0.2, 0.25) is 10.0 Å². The van der Waals surface area contributed by atoms with E-state index in [1.54, 1.807) is 41.2 Å². The van der Waals surface area contributed by atoms with Crippen LogP contribution in [0.2, 0.25) is 0 Å². The molecule has 2 aromatic heterocycles. The Morgan fingerprint density at radius 2 is 1.73 bits per heavy atom. The Labute approximate surface area is 236 Å². The lowest BCUT2D eigenvalue weighted by Crippen LogP contribution is -2.40. The minimum absolute atomic E-state index is 0.0113. The molecule has 3 heterocycles. The van der Waals surface area contributed by atoms with Gasteiger partial charge in [0, 0.05) is 42.5 Å². The van der Waals surface area contributed by atoms with Gasteiger partial charge < -0.3 is 13.9 Å². The first-order chi connectivity index (χ1) is 19.9. The van der Waals surface area contributed by atoms with Crippen LogP contribution in [-0.2, 0) is 14.8 Å². The number of rotatable bonds is 7. The van der Waals surface area contributed by atoms with Gasteiger partial charge in [-0.1, -0.05) is 36.4 Å². The molecule has 1 saturated heterocycles. The van der Waals surface area contributed by atoms with E-state index in [2.05, 4.69) is 4.99 Å². The molecule has 0 bridgehead atoms. The van der Waals surface area contributed by atoms with E-state index in [9.17, 15) is 13.2 Å². The molecule has 5 aromatic rings. The van der Waals surface area contributed by atoms with E-state index in [-0.39, 0.29) is 29.2 Å². The molecule has 3 aromatic carbocycles. The standard InChI is InChI=1S/C30H26N4O6S/c1-38-24-11-12-26(28(18-24)41(36,37)33-13-15-39-16-14-33)31-19-22-20-34(23-8-3-2-4-9-23)32-29(22)25-17-21-7-5-6-10-27(21)40-30(25)35/h2-12,17-20H,13-16H2,1H3. The molecule has 0 spiro atoms. The molecule has 0 saturated carbocycles. The fourth-order valence-corrected chi connectivity index (χ4v) is 6.19. The summed E-state index contributed by atoms with van der Waals surface area (Å²) >= 11 is 0.